The van der Waals surface area contributed by atoms with Crippen LogP contribution >= 0.6 is 0 Å². The zero-order valence-electron chi connectivity index (χ0n) is 19.8. The molecule has 7 heteroatoms. The number of fused-ring (bicyclic) bond motifs is 2. The molecule has 2 aliphatic rings. The van der Waals surface area contributed by atoms with Crippen molar-refractivity contribution in [3.63, 3.8) is 0 Å². The summed E-state index contributed by atoms with van der Waals surface area (Å²) in [5.74, 6) is 0.763. The van der Waals surface area contributed by atoms with Crippen molar-refractivity contribution in [2.75, 3.05) is 11.4 Å². The Morgan fingerprint density at radius 3 is 2.68 bits per heavy atom. The molecular formula is C27H30N6O. The van der Waals surface area contributed by atoms with Crippen molar-refractivity contribution in [2.24, 2.45) is 0 Å². The van der Waals surface area contributed by atoms with Gasteiger partial charge in [0.1, 0.15) is 6.04 Å². The number of hydrogen-bond donors (Lipinski definition) is 1. The van der Waals surface area contributed by atoms with Crippen LogP contribution in [0, 0.1) is 13.8 Å². The molecule has 1 fully saturated rings. The molecule has 0 spiro atoms. The molecule has 0 amide bonds. The molecule has 0 bridgehead atoms. The van der Waals surface area contributed by atoms with E-state index >= 15 is 0 Å². The molecule has 1 unspecified atom stereocenters. The Balaban J connectivity index is 1.59. The Morgan fingerprint density at radius 2 is 1.82 bits per heavy atom. The second-order valence-corrected chi connectivity index (χ2v) is 9.79. The fraction of sp³-hybridized carbons (Fsp3) is 0.407. The van der Waals surface area contributed by atoms with Crippen LogP contribution in [0.25, 0.3) is 10.9 Å². The second-order valence-electron chi connectivity index (χ2n) is 9.79. The predicted molar refractivity (Wildman–Crippen MR) is 133 cm³/mol. The van der Waals surface area contributed by atoms with Crippen molar-refractivity contribution in [1.82, 2.24) is 25.2 Å². The quantitative estimate of drug-likeness (QED) is 0.480. The molecule has 1 aliphatic heterocycles. The average Bonchev–Trinajstić information content (AvgIpc) is 3.55. The number of aromatic amines is 1. The number of H-pyrrole nitrogens is 1. The van der Waals surface area contributed by atoms with Crippen molar-refractivity contribution in [2.45, 2.75) is 64.5 Å². The summed E-state index contributed by atoms with van der Waals surface area (Å²) < 4.78 is 2.00. The summed E-state index contributed by atoms with van der Waals surface area (Å²) in [6, 6.07) is 14.7. The molecule has 7 nitrogen and oxygen atoms in total. The van der Waals surface area contributed by atoms with Crippen molar-refractivity contribution >= 4 is 16.6 Å². The van der Waals surface area contributed by atoms with Crippen LogP contribution in [0.2, 0.25) is 0 Å². The molecule has 1 N–H and O–H groups in total. The highest BCUT2D eigenvalue weighted by Crippen LogP contribution is 2.39. The number of aromatic nitrogens is 5. The van der Waals surface area contributed by atoms with E-state index in [1.165, 1.54) is 24.1 Å². The number of nitrogens with one attached hydrogen (secondary N) is 1. The van der Waals surface area contributed by atoms with Crippen molar-refractivity contribution in [3.8, 4) is 0 Å². The standard InChI is InChI=1S/C27H30N6O/c1-17-13-14-18(2)24-21(17)16-22(27(34)28-24)25(26-29-30-31-33(26)20-10-4-5-11-20)32-15-7-9-19-8-3-6-12-23(19)32/h3,6,8,12-14,16,20,25H,4-5,7,9-11,15H2,1-2H3,(H,28,34). The van der Waals surface area contributed by atoms with Gasteiger partial charge in [0.25, 0.3) is 5.56 Å². The van der Waals surface area contributed by atoms with Gasteiger partial charge >= 0.3 is 0 Å². The Kier molecular flexibility index (Phi) is 5.20. The number of benzene rings is 2. The first-order chi connectivity index (χ1) is 16.6. The smallest absolute Gasteiger partial charge is 0.254 e. The highest BCUT2D eigenvalue weighted by molar-refractivity contribution is 5.85. The third-order valence-electron chi connectivity index (χ3n) is 7.66. The summed E-state index contributed by atoms with van der Waals surface area (Å²) in [5, 5.41) is 14.2. The van der Waals surface area contributed by atoms with Crippen LogP contribution in [0.15, 0.2) is 47.3 Å². The number of nitrogens with zero attached hydrogens (tertiary/aromatic N) is 5. The summed E-state index contributed by atoms with van der Waals surface area (Å²) in [4.78, 5) is 19.2. The van der Waals surface area contributed by atoms with Crippen molar-refractivity contribution < 1.29 is 0 Å². The maximum atomic E-state index is 13.7. The molecule has 0 radical (unpaired) electrons. The van der Waals surface area contributed by atoms with Gasteiger partial charge in [-0.3, -0.25) is 4.79 Å². The van der Waals surface area contributed by atoms with E-state index in [1.54, 1.807) is 0 Å². The lowest BCUT2D eigenvalue weighted by atomic mass is 9.95. The largest absolute Gasteiger partial charge is 0.357 e. The molecule has 1 saturated carbocycles. The first-order valence-electron chi connectivity index (χ1n) is 12.4. The lowest BCUT2D eigenvalue weighted by molar-refractivity contribution is 0.425. The molecule has 1 atom stereocenters. The molecular weight excluding hydrogens is 424 g/mol. The van der Waals surface area contributed by atoms with E-state index in [0.717, 1.165) is 60.1 Å². The van der Waals surface area contributed by atoms with E-state index in [0.29, 0.717) is 5.56 Å². The van der Waals surface area contributed by atoms with Gasteiger partial charge in [-0.05, 0) is 78.8 Å². The highest BCUT2D eigenvalue weighted by atomic mass is 16.1. The van der Waals surface area contributed by atoms with E-state index in [-0.39, 0.29) is 17.6 Å². The molecule has 34 heavy (non-hydrogen) atoms. The van der Waals surface area contributed by atoms with Gasteiger partial charge in [0.2, 0.25) is 0 Å². The van der Waals surface area contributed by atoms with E-state index in [1.807, 2.05) is 11.6 Å². The molecule has 2 aromatic heterocycles. The predicted octanol–water partition coefficient (Wildman–Crippen LogP) is 4.79. The molecule has 4 aromatic rings. The maximum Gasteiger partial charge on any atom is 0.254 e. The number of rotatable bonds is 4. The van der Waals surface area contributed by atoms with Gasteiger partial charge in [-0.25, -0.2) is 4.68 Å². The summed E-state index contributed by atoms with van der Waals surface area (Å²) in [6.45, 7) is 4.98. The minimum Gasteiger partial charge on any atom is -0.357 e. The molecule has 3 heterocycles. The Hall–Kier alpha value is -3.48. The number of aryl methyl sites for hydroxylation is 3. The van der Waals surface area contributed by atoms with Crippen LogP contribution in [-0.4, -0.2) is 31.7 Å². The van der Waals surface area contributed by atoms with Gasteiger partial charge in [-0.15, -0.1) is 5.10 Å². The average molecular weight is 455 g/mol. The second kappa shape index (κ2) is 8.38. The van der Waals surface area contributed by atoms with E-state index in [2.05, 4.69) is 74.8 Å². The lowest BCUT2D eigenvalue weighted by Gasteiger charge is -2.37. The SMILES string of the molecule is Cc1ccc(C)c2[nH]c(=O)c(C(c3nnnn3C3CCCC3)N3CCCc4ccccc43)cc12. The van der Waals surface area contributed by atoms with Gasteiger partial charge in [0.15, 0.2) is 5.82 Å². The van der Waals surface area contributed by atoms with Crippen LogP contribution in [0.1, 0.15) is 72.3 Å². The third-order valence-corrected chi connectivity index (χ3v) is 7.66. The number of tetrazole rings is 1. The maximum absolute atomic E-state index is 13.7. The lowest BCUT2D eigenvalue weighted by Crippen LogP contribution is -2.38. The van der Waals surface area contributed by atoms with Crippen LogP contribution < -0.4 is 10.5 Å². The Bertz CT molecular complexity index is 1410. The molecule has 6 rings (SSSR count). The molecule has 1 aliphatic carbocycles. The van der Waals surface area contributed by atoms with Crippen LogP contribution in [0.5, 0.6) is 0 Å². The summed E-state index contributed by atoms with van der Waals surface area (Å²) in [7, 11) is 0. The fourth-order valence-electron chi connectivity index (χ4n) is 5.86. The Labute approximate surface area is 198 Å². The van der Waals surface area contributed by atoms with Gasteiger partial charge in [0, 0.05) is 23.2 Å². The minimum atomic E-state index is -0.356. The summed E-state index contributed by atoms with van der Waals surface area (Å²) in [5.41, 5.74) is 6.22. The van der Waals surface area contributed by atoms with Crippen molar-refractivity contribution in [1.29, 1.82) is 0 Å². The summed E-state index contributed by atoms with van der Waals surface area (Å²) >= 11 is 0. The zero-order valence-corrected chi connectivity index (χ0v) is 19.8. The first-order valence-corrected chi connectivity index (χ1v) is 12.4. The fourth-order valence-corrected chi connectivity index (χ4v) is 5.86. The van der Waals surface area contributed by atoms with Crippen molar-refractivity contribution in [3.05, 3.63) is 80.9 Å². The first kappa shape index (κ1) is 21.1. The highest BCUT2D eigenvalue weighted by Gasteiger charge is 2.35. The number of pyridine rings is 1. The van der Waals surface area contributed by atoms with Gasteiger partial charge < -0.3 is 9.88 Å². The zero-order chi connectivity index (χ0) is 23.2. The molecule has 174 valence electrons. The number of para-hydroxylation sites is 1. The van der Waals surface area contributed by atoms with Gasteiger partial charge in [-0.1, -0.05) is 43.2 Å². The topological polar surface area (TPSA) is 79.7 Å². The normalized spacial score (nSPS) is 17.3. The van der Waals surface area contributed by atoms with Gasteiger partial charge in [-0.2, -0.15) is 0 Å². The monoisotopic (exact) mass is 454 g/mol. The number of anilines is 1. The Morgan fingerprint density at radius 1 is 1.03 bits per heavy atom. The van der Waals surface area contributed by atoms with Crippen LogP contribution in [-0.2, 0) is 6.42 Å². The van der Waals surface area contributed by atoms with Crippen LogP contribution in [0.3, 0.4) is 0 Å². The molecule has 0 saturated heterocycles. The number of hydrogen-bond acceptors (Lipinski definition) is 5. The van der Waals surface area contributed by atoms with Crippen LogP contribution in [0.4, 0.5) is 5.69 Å². The van der Waals surface area contributed by atoms with Gasteiger partial charge in [0.05, 0.1) is 11.6 Å². The third kappa shape index (κ3) is 3.42. The van der Waals surface area contributed by atoms with E-state index in [9.17, 15) is 4.79 Å². The summed E-state index contributed by atoms with van der Waals surface area (Å²) in [6.07, 6.45) is 6.61. The van der Waals surface area contributed by atoms with E-state index in [4.69, 9.17) is 0 Å². The van der Waals surface area contributed by atoms with E-state index < -0.39 is 0 Å². The minimum absolute atomic E-state index is 0.0739. The molecule has 2 aromatic carbocycles.